The van der Waals surface area contributed by atoms with E-state index in [1.807, 2.05) is 10.3 Å². The molecule has 3 heterocycles. The molecule has 2 fully saturated rings. The molecule has 0 aromatic carbocycles. The molecule has 3 unspecified atom stereocenters. The topological polar surface area (TPSA) is 45.2 Å². The number of hydrogen-bond donors (Lipinski definition) is 1. The lowest BCUT2D eigenvalue weighted by molar-refractivity contribution is 0.0723. The van der Waals surface area contributed by atoms with E-state index >= 15 is 0 Å². The lowest BCUT2D eigenvalue weighted by atomic mass is 9.95. The quantitative estimate of drug-likeness (QED) is 0.786. The third-order valence-corrected chi connectivity index (χ3v) is 4.43. The van der Waals surface area contributed by atoms with Crippen LogP contribution in [-0.2, 0) is 0 Å². The molecule has 2 aliphatic heterocycles. The Labute approximate surface area is 98.7 Å². The summed E-state index contributed by atoms with van der Waals surface area (Å²) in [7, 11) is 0. The van der Waals surface area contributed by atoms with E-state index in [2.05, 4.69) is 17.2 Å². The van der Waals surface area contributed by atoms with Crippen LogP contribution in [0.4, 0.5) is 0 Å². The number of carbonyl (C=O) groups is 1. The van der Waals surface area contributed by atoms with Crippen molar-refractivity contribution < 1.29 is 4.79 Å². The molecule has 3 atom stereocenters. The maximum atomic E-state index is 12.2. The first kappa shape index (κ1) is 10.2. The Morgan fingerprint density at radius 3 is 3.19 bits per heavy atom. The number of rotatable bonds is 1. The van der Waals surface area contributed by atoms with Crippen molar-refractivity contribution in [2.24, 2.45) is 11.8 Å². The van der Waals surface area contributed by atoms with Gasteiger partial charge in [-0.15, -0.1) is 11.3 Å². The molecule has 2 aliphatic rings. The zero-order valence-corrected chi connectivity index (χ0v) is 10.0. The summed E-state index contributed by atoms with van der Waals surface area (Å²) in [5.41, 5.74) is 2.32. The normalized spacial score (nSPS) is 33.1. The van der Waals surface area contributed by atoms with Crippen LogP contribution in [0.3, 0.4) is 0 Å². The molecule has 0 saturated carbocycles. The number of carbonyl (C=O) groups excluding carboxylic acids is 1. The van der Waals surface area contributed by atoms with E-state index in [-0.39, 0.29) is 5.91 Å². The van der Waals surface area contributed by atoms with Gasteiger partial charge in [0.05, 0.1) is 5.51 Å². The minimum Gasteiger partial charge on any atom is -0.334 e. The first-order valence-corrected chi connectivity index (χ1v) is 6.61. The van der Waals surface area contributed by atoms with Crippen molar-refractivity contribution in [3.63, 3.8) is 0 Å². The van der Waals surface area contributed by atoms with E-state index in [0.29, 0.717) is 23.6 Å². The number of amides is 1. The molecule has 1 aromatic heterocycles. The Bertz CT molecular complexity index is 392. The third kappa shape index (κ3) is 1.46. The van der Waals surface area contributed by atoms with Gasteiger partial charge in [-0.05, 0) is 18.8 Å². The van der Waals surface area contributed by atoms with Crippen molar-refractivity contribution in [1.82, 2.24) is 15.2 Å². The van der Waals surface area contributed by atoms with Gasteiger partial charge in [0.15, 0.2) is 0 Å². The Morgan fingerprint density at radius 1 is 1.62 bits per heavy atom. The van der Waals surface area contributed by atoms with Crippen molar-refractivity contribution in [1.29, 1.82) is 0 Å². The van der Waals surface area contributed by atoms with Gasteiger partial charge in [-0.1, -0.05) is 0 Å². The van der Waals surface area contributed by atoms with Crippen molar-refractivity contribution in [2.45, 2.75) is 13.0 Å². The van der Waals surface area contributed by atoms with Crippen LogP contribution in [-0.4, -0.2) is 41.5 Å². The summed E-state index contributed by atoms with van der Waals surface area (Å²) in [6, 6.07) is 0.342. The van der Waals surface area contributed by atoms with Gasteiger partial charge in [0, 0.05) is 31.1 Å². The lowest BCUT2D eigenvalue weighted by Crippen LogP contribution is -2.38. The van der Waals surface area contributed by atoms with Crippen molar-refractivity contribution in [3.8, 4) is 0 Å². The molecule has 1 aromatic rings. The first-order chi connectivity index (χ1) is 7.77. The Morgan fingerprint density at radius 2 is 2.50 bits per heavy atom. The second-order valence-electron chi connectivity index (χ2n) is 4.65. The Hall–Kier alpha value is -0.940. The van der Waals surface area contributed by atoms with Gasteiger partial charge in [0.25, 0.3) is 5.91 Å². The van der Waals surface area contributed by atoms with Gasteiger partial charge in [-0.3, -0.25) is 4.79 Å². The number of nitrogens with zero attached hydrogens (tertiary/aromatic N) is 2. The number of nitrogens with one attached hydrogen (secondary N) is 1. The SMILES string of the molecule is CC1C2CNCC2CN1C(=O)c1cscn1. The fourth-order valence-electron chi connectivity index (χ4n) is 2.90. The molecule has 3 rings (SSSR count). The summed E-state index contributed by atoms with van der Waals surface area (Å²) in [5.74, 6) is 1.36. The standard InChI is InChI=1S/C11H15N3OS/c1-7-9-3-12-2-8(9)4-14(7)11(15)10-5-16-6-13-10/h5-9,12H,2-4H2,1H3. The van der Waals surface area contributed by atoms with Gasteiger partial charge < -0.3 is 10.2 Å². The maximum absolute atomic E-state index is 12.2. The molecule has 5 heteroatoms. The van der Waals surface area contributed by atoms with Crippen molar-refractivity contribution in [2.75, 3.05) is 19.6 Å². The minimum atomic E-state index is 0.100. The monoisotopic (exact) mass is 237 g/mol. The van der Waals surface area contributed by atoms with Gasteiger partial charge in [0.1, 0.15) is 5.69 Å². The molecule has 0 bridgehead atoms. The van der Waals surface area contributed by atoms with E-state index in [9.17, 15) is 4.79 Å². The van der Waals surface area contributed by atoms with Crippen molar-refractivity contribution in [3.05, 3.63) is 16.6 Å². The van der Waals surface area contributed by atoms with Gasteiger partial charge >= 0.3 is 0 Å². The summed E-state index contributed by atoms with van der Waals surface area (Å²) in [5, 5.41) is 5.23. The zero-order chi connectivity index (χ0) is 11.1. The predicted molar refractivity (Wildman–Crippen MR) is 62.5 cm³/mol. The molecule has 1 amide bonds. The fourth-order valence-corrected chi connectivity index (χ4v) is 3.43. The van der Waals surface area contributed by atoms with E-state index in [1.165, 1.54) is 11.3 Å². The Balaban J connectivity index is 1.79. The molecule has 1 N–H and O–H groups in total. The summed E-state index contributed by atoms with van der Waals surface area (Å²) < 4.78 is 0. The van der Waals surface area contributed by atoms with E-state index in [4.69, 9.17) is 0 Å². The van der Waals surface area contributed by atoms with Gasteiger partial charge in [0.2, 0.25) is 0 Å². The molecule has 16 heavy (non-hydrogen) atoms. The second kappa shape index (κ2) is 3.82. The smallest absolute Gasteiger partial charge is 0.273 e. The number of thiazole rings is 1. The van der Waals surface area contributed by atoms with Crippen LogP contribution >= 0.6 is 11.3 Å². The van der Waals surface area contributed by atoms with Crippen LogP contribution in [0.5, 0.6) is 0 Å². The summed E-state index contributed by atoms with van der Waals surface area (Å²) >= 11 is 1.48. The molecule has 0 spiro atoms. The third-order valence-electron chi connectivity index (χ3n) is 3.85. The highest BCUT2D eigenvalue weighted by atomic mass is 32.1. The number of hydrogen-bond acceptors (Lipinski definition) is 4. The molecule has 0 aliphatic carbocycles. The van der Waals surface area contributed by atoms with E-state index in [0.717, 1.165) is 19.6 Å². The molecule has 2 saturated heterocycles. The largest absolute Gasteiger partial charge is 0.334 e. The summed E-state index contributed by atoms with van der Waals surface area (Å²) in [4.78, 5) is 18.3. The van der Waals surface area contributed by atoms with Crippen LogP contribution in [0.1, 0.15) is 17.4 Å². The number of fused-ring (bicyclic) bond motifs is 1. The van der Waals surface area contributed by atoms with Crippen LogP contribution in [0.2, 0.25) is 0 Å². The van der Waals surface area contributed by atoms with E-state index < -0.39 is 0 Å². The summed E-state index contributed by atoms with van der Waals surface area (Å²) in [6.07, 6.45) is 0. The van der Waals surface area contributed by atoms with Gasteiger partial charge in [-0.25, -0.2) is 4.98 Å². The first-order valence-electron chi connectivity index (χ1n) is 5.67. The molecule has 4 nitrogen and oxygen atoms in total. The highest BCUT2D eigenvalue weighted by Gasteiger charge is 2.44. The molecule has 0 radical (unpaired) electrons. The number of aromatic nitrogens is 1. The maximum Gasteiger partial charge on any atom is 0.273 e. The van der Waals surface area contributed by atoms with Crippen molar-refractivity contribution >= 4 is 17.2 Å². The van der Waals surface area contributed by atoms with Crippen LogP contribution in [0.25, 0.3) is 0 Å². The molecular formula is C11H15N3OS. The molecular weight excluding hydrogens is 222 g/mol. The highest BCUT2D eigenvalue weighted by molar-refractivity contribution is 7.07. The average molecular weight is 237 g/mol. The zero-order valence-electron chi connectivity index (χ0n) is 9.22. The lowest BCUT2D eigenvalue weighted by Gasteiger charge is -2.23. The fraction of sp³-hybridized carbons (Fsp3) is 0.636. The predicted octanol–water partition coefficient (Wildman–Crippen LogP) is 0.823. The van der Waals surface area contributed by atoms with Gasteiger partial charge in [-0.2, -0.15) is 0 Å². The van der Waals surface area contributed by atoms with E-state index in [1.54, 1.807) is 5.51 Å². The minimum absolute atomic E-state index is 0.100. The average Bonchev–Trinajstić information content (AvgIpc) is 2.95. The van der Waals surface area contributed by atoms with Crippen LogP contribution < -0.4 is 5.32 Å². The van der Waals surface area contributed by atoms with Crippen LogP contribution in [0.15, 0.2) is 10.9 Å². The summed E-state index contributed by atoms with van der Waals surface area (Å²) in [6.45, 7) is 5.14. The van der Waals surface area contributed by atoms with Crippen LogP contribution in [0, 0.1) is 11.8 Å². The number of likely N-dealkylation sites (tertiary alicyclic amines) is 1. The molecule has 86 valence electrons. The Kier molecular flexibility index (Phi) is 2.44. The highest BCUT2D eigenvalue weighted by Crippen LogP contribution is 2.33. The second-order valence-corrected chi connectivity index (χ2v) is 5.37.